The minimum absolute atomic E-state index is 0.161. The highest BCUT2D eigenvalue weighted by Gasteiger charge is 2.04. The summed E-state index contributed by atoms with van der Waals surface area (Å²) in [6.07, 6.45) is 4.16. The predicted molar refractivity (Wildman–Crippen MR) is 55.3 cm³/mol. The minimum atomic E-state index is -0.658. The molecule has 0 atom stereocenters. The van der Waals surface area contributed by atoms with Gasteiger partial charge in [0.2, 0.25) is 0 Å². The first-order valence-corrected chi connectivity index (χ1v) is 4.72. The van der Waals surface area contributed by atoms with Crippen LogP contribution < -0.4 is 0 Å². The Bertz CT molecular complexity index is 311. The first-order valence-electron chi connectivity index (χ1n) is 4.72. The lowest BCUT2D eigenvalue weighted by Crippen LogP contribution is -2.12. The molecule has 0 saturated heterocycles. The maximum Gasteiger partial charge on any atom is 0.508 e. The van der Waals surface area contributed by atoms with Gasteiger partial charge in [-0.15, -0.1) is 0 Å². The Kier molecular flexibility index (Phi) is 4.47. The summed E-state index contributed by atoms with van der Waals surface area (Å²) < 4.78 is 14.6. The van der Waals surface area contributed by atoms with Gasteiger partial charge in [-0.3, -0.25) is 0 Å². The van der Waals surface area contributed by atoms with Gasteiger partial charge in [-0.25, -0.2) is 4.79 Å². The van der Waals surface area contributed by atoms with E-state index in [1.165, 1.54) is 0 Å². The van der Waals surface area contributed by atoms with Crippen LogP contribution in [-0.2, 0) is 9.47 Å². The maximum atomic E-state index is 10.9. The smallest absolute Gasteiger partial charge is 0.465 e. The van der Waals surface area contributed by atoms with Gasteiger partial charge in [-0.1, -0.05) is 0 Å². The Balaban J connectivity index is 2.19. The molecule has 0 aromatic carbocycles. The first kappa shape index (κ1) is 11.4. The SMILES string of the molecule is CC(C)OC(=O)OC/C=C/c1ccco1. The molecule has 1 aromatic rings. The Morgan fingerprint density at radius 2 is 2.40 bits per heavy atom. The Morgan fingerprint density at radius 3 is 3.00 bits per heavy atom. The van der Waals surface area contributed by atoms with E-state index in [9.17, 15) is 4.79 Å². The van der Waals surface area contributed by atoms with Gasteiger partial charge in [0.1, 0.15) is 12.4 Å². The van der Waals surface area contributed by atoms with E-state index in [2.05, 4.69) is 0 Å². The van der Waals surface area contributed by atoms with Crippen LogP contribution >= 0.6 is 0 Å². The monoisotopic (exact) mass is 210 g/mol. The Morgan fingerprint density at radius 1 is 1.60 bits per heavy atom. The van der Waals surface area contributed by atoms with Crippen LogP contribution in [0, 0.1) is 0 Å². The molecule has 0 aliphatic heterocycles. The number of hydrogen-bond acceptors (Lipinski definition) is 4. The molecule has 0 spiro atoms. The van der Waals surface area contributed by atoms with Crippen molar-refractivity contribution in [3.63, 3.8) is 0 Å². The number of furan rings is 1. The molecule has 0 aliphatic carbocycles. The van der Waals surface area contributed by atoms with E-state index in [1.807, 2.05) is 6.07 Å². The number of rotatable bonds is 4. The number of carbonyl (C=O) groups excluding carboxylic acids is 1. The molecule has 1 rings (SSSR count). The normalized spacial score (nSPS) is 10.9. The fourth-order valence-corrected chi connectivity index (χ4v) is 0.893. The first-order chi connectivity index (χ1) is 7.18. The van der Waals surface area contributed by atoms with Crippen LogP contribution in [0.1, 0.15) is 19.6 Å². The van der Waals surface area contributed by atoms with Crippen LogP contribution in [-0.4, -0.2) is 18.9 Å². The van der Waals surface area contributed by atoms with Crippen molar-refractivity contribution in [3.8, 4) is 0 Å². The molecule has 0 fully saturated rings. The number of carbonyl (C=O) groups is 1. The number of ether oxygens (including phenoxy) is 2. The summed E-state index contributed by atoms with van der Waals surface area (Å²) in [4.78, 5) is 10.9. The molecule has 0 aliphatic rings. The zero-order valence-corrected chi connectivity index (χ0v) is 8.80. The van der Waals surface area contributed by atoms with Gasteiger partial charge in [0.15, 0.2) is 0 Å². The lowest BCUT2D eigenvalue weighted by molar-refractivity contribution is 0.0415. The summed E-state index contributed by atoms with van der Waals surface area (Å²) in [5, 5.41) is 0. The van der Waals surface area contributed by atoms with E-state index < -0.39 is 6.16 Å². The molecule has 82 valence electrons. The summed E-state index contributed by atoms with van der Waals surface area (Å²) in [5.41, 5.74) is 0. The molecular formula is C11H14O4. The molecule has 0 bridgehead atoms. The van der Waals surface area contributed by atoms with Crippen LogP contribution in [0.25, 0.3) is 6.08 Å². The highest BCUT2D eigenvalue weighted by Crippen LogP contribution is 2.02. The van der Waals surface area contributed by atoms with Crippen molar-refractivity contribution >= 4 is 12.2 Å². The average molecular weight is 210 g/mol. The summed E-state index contributed by atoms with van der Waals surface area (Å²) in [5.74, 6) is 0.718. The molecule has 1 aromatic heterocycles. The van der Waals surface area contributed by atoms with E-state index in [1.54, 1.807) is 38.3 Å². The standard InChI is InChI=1S/C11H14O4/c1-9(2)15-11(12)14-8-4-6-10-5-3-7-13-10/h3-7,9H,8H2,1-2H3/b6-4+. The van der Waals surface area contributed by atoms with Crippen LogP contribution in [0.4, 0.5) is 4.79 Å². The molecule has 4 heteroatoms. The van der Waals surface area contributed by atoms with Gasteiger partial charge < -0.3 is 13.9 Å². The van der Waals surface area contributed by atoms with E-state index in [0.717, 1.165) is 5.76 Å². The average Bonchev–Trinajstić information content (AvgIpc) is 2.63. The molecule has 4 nitrogen and oxygen atoms in total. The molecular weight excluding hydrogens is 196 g/mol. The van der Waals surface area contributed by atoms with Crippen LogP contribution in [0.15, 0.2) is 28.9 Å². The van der Waals surface area contributed by atoms with Gasteiger partial charge in [0.25, 0.3) is 0 Å². The van der Waals surface area contributed by atoms with Crippen LogP contribution in [0.2, 0.25) is 0 Å². The Hall–Kier alpha value is -1.71. The van der Waals surface area contributed by atoms with Crippen molar-refractivity contribution in [2.75, 3.05) is 6.61 Å². The van der Waals surface area contributed by atoms with Crippen LogP contribution in [0.5, 0.6) is 0 Å². The van der Waals surface area contributed by atoms with E-state index in [4.69, 9.17) is 13.9 Å². The third-order valence-corrected chi connectivity index (χ3v) is 1.45. The molecule has 0 unspecified atom stereocenters. The highest BCUT2D eigenvalue weighted by molar-refractivity contribution is 5.60. The fraction of sp³-hybridized carbons (Fsp3) is 0.364. The molecule has 0 N–H and O–H groups in total. The third kappa shape index (κ3) is 4.90. The second-order valence-electron chi connectivity index (χ2n) is 3.15. The van der Waals surface area contributed by atoms with Crippen molar-refractivity contribution in [2.24, 2.45) is 0 Å². The lowest BCUT2D eigenvalue weighted by Gasteiger charge is -2.06. The van der Waals surface area contributed by atoms with Crippen molar-refractivity contribution in [2.45, 2.75) is 20.0 Å². The van der Waals surface area contributed by atoms with Crippen molar-refractivity contribution < 1.29 is 18.7 Å². The third-order valence-electron chi connectivity index (χ3n) is 1.45. The highest BCUT2D eigenvalue weighted by atomic mass is 16.7. The van der Waals surface area contributed by atoms with Gasteiger partial charge >= 0.3 is 6.16 Å². The summed E-state index contributed by atoms with van der Waals surface area (Å²) in [6.45, 7) is 3.70. The van der Waals surface area contributed by atoms with E-state index >= 15 is 0 Å². The van der Waals surface area contributed by atoms with Crippen LogP contribution in [0.3, 0.4) is 0 Å². The minimum Gasteiger partial charge on any atom is -0.465 e. The molecule has 0 radical (unpaired) electrons. The fourth-order valence-electron chi connectivity index (χ4n) is 0.893. The van der Waals surface area contributed by atoms with Gasteiger partial charge in [-0.2, -0.15) is 0 Å². The topological polar surface area (TPSA) is 48.7 Å². The summed E-state index contributed by atoms with van der Waals surface area (Å²) >= 11 is 0. The van der Waals surface area contributed by atoms with Crippen molar-refractivity contribution in [1.82, 2.24) is 0 Å². The van der Waals surface area contributed by atoms with Crippen molar-refractivity contribution in [1.29, 1.82) is 0 Å². The largest absolute Gasteiger partial charge is 0.508 e. The van der Waals surface area contributed by atoms with Gasteiger partial charge in [-0.05, 0) is 38.1 Å². The van der Waals surface area contributed by atoms with Gasteiger partial charge in [0, 0.05) is 0 Å². The second kappa shape index (κ2) is 5.90. The van der Waals surface area contributed by atoms with E-state index in [-0.39, 0.29) is 12.7 Å². The van der Waals surface area contributed by atoms with E-state index in [0.29, 0.717) is 0 Å². The second-order valence-corrected chi connectivity index (χ2v) is 3.15. The molecule has 0 amide bonds. The predicted octanol–water partition coefficient (Wildman–Crippen LogP) is 2.85. The zero-order chi connectivity index (χ0) is 11.1. The summed E-state index contributed by atoms with van der Waals surface area (Å²) in [6, 6.07) is 3.59. The van der Waals surface area contributed by atoms with Crippen molar-refractivity contribution in [3.05, 3.63) is 30.2 Å². The Labute approximate surface area is 88.5 Å². The molecule has 0 saturated carbocycles. The molecule has 15 heavy (non-hydrogen) atoms. The maximum absolute atomic E-state index is 10.9. The zero-order valence-electron chi connectivity index (χ0n) is 8.80. The lowest BCUT2D eigenvalue weighted by atomic mass is 10.4. The summed E-state index contributed by atoms with van der Waals surface area (Å²) in [7, 11) is 0. The molecule has 1 heterocycles. The van der Waals surface area contributed by atoms with Gasteiger partial charge in [0.05, 0.1) is 12.4 Å². The quantitative estimate of drug-likeness (QED) is 0.717. The number of hydrogen-bond donors (Lipinski definition) is 0.